The van der Waals surface area contributed by atoms with E-state index in [9.17, 15) is 4.79 Å². The van der Waals surface area contributed by atoms with Crippen molar-refractivity contribution < 1.29 is 4.79 Å². The second-order valence-electron chi connectivity index (χ2n) is 6.04. The van der Waals surface area contributed by atoms with Crippen molar-refractivity contribution in [1.29, 1.82) is 5.53 Å². The predicted molar refractivity (Wildman–Crippen MR) is 95.4 cm³/mol. The molecular formula is C19H20N4O. The molecule has 0 unspecified atom stereocenters. The van der Waals surface area contributed by atoms with Crippen LogP contribution in [0.5, 0.6) is 0 Å². The molecule has 3 rings (SSSR count). The maximum atomic E-state index is 11.7. The van der Waals surface area contributed by atoms with Gasteiger partial charge in [0.25, 0.3) is 0 Å². The maximum Gasteiger partial charge on any atom is 0.214 e. The van der Waals surface area contributed by atoms with Crippen LogP contribution in [0, 0.1) is 5.53 Å². The smallest absolute Gasteiger partial charge is 0.214 e. The van der Waals surface area contributed by atoms with Gasteiger partial charge in [-0.2, -0.15) is 5.11 Å². The van der Waals surface area contributed by atoms with E-state index in [1.165, 1.54) is 0 Å². The van der Waals surface area contributed by atoms with E-state index in [-0.39, 0.29) is 6.04 Å². The number of carbonyl (C=O) groups is 1. The minimum Gasteiger partial charge on any atom is -0.381 e. The number of hydrogen-bond acceptors (Lipinski definition) is 4. The summed E-state index contributed by atoms with van der Waals surface area (Å²) < 4.78 is 0. The number of para-hydroxylation sites is 1. The van der Waals surface area contributed by atoms with Crippen LogP contribution in [0.25, 0.3) is 11.4 Å². The topological polar surface area (TPSA) is 68.6 Å². The number of amides is 1. The minimum absolute atomic E-state index is 0.193. The van der Waals surface area contributed by atoms with Gasteiger partial charge in [0.15, 0.2) is 0 Å². The molecule has 2 aromatic rings. The third kappa shape index (κ3) is 2.80. The van der Waals surface area contributed by atoms with Gasteiger partial charge >= 0.3 is 0 Å². The van der Waals surface area contributed by atoms with Crippen molar-refractivity contribution >= 4 is 23.5 Å². The van der Waals surface area contributed by atoms with Crippen molar-refractivity contribution in [3.63, 3.8) is 0 Å². The first-order valence-corrected chi connectivity index (χ1v) is 7.93. The second kappa shape index (κ2) is 6.66. The van der Waals surface area contributed by atoms with Crippen LogP contribution in [0.15, 0.2) is 53.6 Å². The SMILES string of the molecule is CC(C)N/C1=C(\N=N)c2ccccc2N(C=O)Cc2ccccc21. The third-order valence-electron chi connectivity index (χ3n) is 4.00. The third-order valence-corrected chi connectivity index (χ3v) is 4.00. The number of nitrogens with one attached hydrogen (secondary N) is 2. The molecule has 0 fully saturated rings. The largest absolute Gasteiger partial charge is 0.381 e. The van der Waals surface area contributed by atoms with Gasteiger partial charge in [-0.15, -0.1) is 0 Å². The summed E-state index contributed by atoms with van der Waals surface area (Å²) in [5, 5.41) is 7.26. The van der Waals surface area contributed by atoms with Crippen molar-refractivity contribution in [3.8, 4) is 0 Å². The Kier molecular flexibility index (Phi) is 4.42. The molecule has 0 aromatic heterocycles. The highest BCUT2D eigenvalue weighted by molar-refractivity contribution is 5.97. The number of anilines is 1. The molecule has 1 aliphatic rings. The normalized spacial score (nSPS) is 16.7. The zero-order valence-corrected chi connectivity index (χ0v) is 13.8. The summed E-state index contributed by atoms with van der Waals surface area (Å²) in [6.07, 6.45) is 0.831. The first kappa shape index (κ1) is 15.9. The number of nitrogens with zero attached hydrogens (tertiary/aromatic N) is 2. The highest BCUT2D eigenvalue weighted by Crippen LogP contribution is 2.36. The Morgan fingerprint density at radius 3 is 2.46 bits per heavy atom. The Bertz CT molecular complexity index is 811. The number of hydrogen-bond donors (Lipinski definition) is 2. The van der Waals surface area contributed by atoms with E-state index in [1.807, 2.05) is 48.5 Å². The van der Waals surface area contributed by atoms with Gasteiger partial charge in [-0.25, -0.2) is 5.53 Å². The van der Waals surface area contributed by atoms with Gasteiger partial charge in [-0.3, -0.25) is 4.79 Å². The van der Waals surface area contributed by atoms with Gasteiger partial charge in [-0.05, 0) is 25.5 Å². The molecule has 0 aliphatic carbocycles. The van der Waals surface area contributed by atoms with E-state index in [1.54, 1.807) is 4.90 Å². The Labute approximate surface area is 141 Å². The van der Waals surface area contributed by atoms with E-state index >= 15 is 0 Å². The lowest BCUT2D eigenvalue weighted by Gasteiger charge is -2.28. The average Bonchev–Trinajstić information content (AvgIpc) is 2.59. The fraction of sp³-hybridized carbons (Fsp3) is 0.211. The molecule has 1 heterocycles. The molecule has 2 N–H and O–H groups in total. The second-order valence-corrected chi connectivity index (χ2v) is 6.04. The molecule has 0 atom stereocenters. The van der Waals surface area contributed by atoms with E-state index in [2.05, 4.69) is 24.3 Å². The molecule has 0 saturated heterocycles. The molecule has 0 bridgehead atoms. The Hall–Kier alpha value is -2.95. The van der Waals surface area contributed by atoms with Gasteiger partial charge in [0.2, 0.25) is 6.41 Å². The molecule has 0 spiro atoms. The molecule has 24 heavy (non-hydrogen) atoms. The quantitative estimate of drug-likeness (QED) is 0.660. The molecule has 5 heteroatoms. The lowest BCUT2D eigenvalue weighted by Crippen LogP contribution is -2.27. The Morgan fingerprint density at radius 2 is 1.79 bits per heavy atom. The lowest BCUT2D eigenvalue weighted by atomic mass is 9.96. The van der Waals surface area contributed by atoms with Gasteiger partial charge in [-0.1, -0.05) is 42.5 Å². The summed E-state index contributed by atoms with van der Waals surface area (Å²) in [4.78, 5) is 13.3. The van der Waals surface area contributed by atoms with Crippen LogP contribution in [0.2, 0.25) is 0 Å². The summed E-state index contributed by atoms with van der Waals surface area (Å²) in [5.74, 6) is 0. The Morgan fingerprint density at radius 1 is 1.12 bits per heavy atom. The summed E-state index contributed by atoms with van der Waals surface area (Å²) >= 11 is 0. The van der Waals surface area contributed by atoms with Gasteiger partial charge in [0.05, 0.1) is 17.9 Å². The summed E-state index contributed by atoms with van der Waals surface area (Å²) in [5.41, 5.74) is 12.6. The molecule has 2 aromatic carbocycles. The fourth-order valence-corrected chi connectivity index (χ4v) is 3.00. The number of carbonyl (C=O) groups excluding carboxylic acids is 1. The first-order valence-electron chi connectivity index (χ1n) is 7.93. The van der Waals surface area contributed by atoms with Crippen LogP contribution in [0.4, 0.5) is 5.69 Å². The van der Waals surface area contributed by atoms with Crippen molar-refractivity contribution in [3.05, 3.63) is 65.2 Å². The van der Waals surface area contributed by atoms with E-state index in [0.717, 1.165) is 34.5 Å². The van der Waals surface area contributed by atoms with Gasteiger partial charge in [0.1, 0.15) is 5.70 Å². The van der Waals surface area contributed by atoms with Crippen molar-refractivity contribution in [1.82, 2.24) is 5.32 Å². The molecule has 5 nitrogen and oxygen atoms in total. The number of rotatable bonds is 4. The van der Waals surface area contributed by atoms with E-state index in [4.69, 9.17) is 5.53 Å². The molecule has 122 valence electrons. The van der Waals surface area contributed by atoms with Gasteiger partial charge < -0.3 is 10.2 Å². The standard InChI is InChI=1S/C19H20N4O/c1-13(2)21-18-15-8-4-3-7-14(15)11-23(12-24)17-10-6-5-9-16(17)19(18)22-20/h3-10,12-13,20-21H,11H2,1-2H3/b19-18-,22-20?. The van der Waals surface area contributed by atoms with Crippen LogP contribution < -0.4 is 10.2 Å². The zero-order valence-electron chi connectivity index (χ0n) is 13.8. The first-order chi connectivity index (χ1) is 11.7. The molecule has 1 aliphatic heterocycles. The molecular weight excluding hydrogens is 300 g/mol. The highest BCUT2D eigenvalue weighted by Gasteiger charge is 2.23. The number of benzene rings is 2. The van der Waals surface area contributed by atoms with E-state index < -0.39 is 0 Å². The minimum atomic E-state index is 0.193. The van der Waals surface area contributed by atoms with Crippen LogP contribution in [-0.2, 0) is 11.3 Å². The average molecular weight is 320 g/mol. The maximum absolute atomic E-state index is 11.7. The van der Waals surface area contributed by atoms with Crippen LogP contribution in [-0.4, -0.2) is 12.5 Å². The van der Waals surface area contributed by atoms with Gasteiger partial charge in [0, 0.05) is 17.2 Å². The van der Waals surface area contributed by atoms with Crippen LogP contribution in [0.1, 0.15) is 30.5 Å². The van der Waals surface area contributed by atoms with Crippen LogP contribution >= 0.6 is 0 Å². The summed E-state index contributed by atoms with van der Waals surface area (Å²) in [7, 11) is 0. The molecule has 0 radical (unpaired) electrons. The fourth-order valence-electron chi connectivity index (χ4n) is 3.00. The summed E-state index contributed by atoms with van der Waals surface area (Å²) in [6, 6.07) is 15.7. The Balaban J connectivity index is 2.36. The van der Waals surface area contributed by atoms with Crippen molar-refractivity contribution in [2.45, 2.75) is 26.4 Å². The van der Waals surface area contributed by atoms with Crippen molar-refractivity contribution in [2.75, 3.05) is 4.90 Å². The number of fused-ring (bicyclic) bond motifs is 2. The van der Waals surface area contributed by atoms with Crippen LogP contribution in [0.3, 0.4) is 0 Å². The zero-order chi connectivity index (χ0) is 17.1. The highest BCUT2D eigenvalue weighted by atomic mass is 16.1. The monoisotopic (exact) mass is 320 g/mol. The van der Waals surface area contributed by atoms with Crippen molar-refractivity contribution in [2.24, 2.45) is 5.11 Å². The molecule has 1 amide bonds. The summed E-state index contributed by atoms with van der Waals surface area (Å²) in [6.45, 7) is 4.59. The predicted octanol–water partition coefficient (Wildman–Crippen LogP) is 4.02. The van der Waals surface area contributed by atoms with E-state index in [0.29, 0.717) is 12.2 Å². The lowest BCUT2D eigenvalue weighted by molar-refractivity contribution is -0.107. The molecule has 0 saturated carbocycles.